The summed E-state index contributed by atoms with van der Waals surface area (Å²) >= 11 is 0. The largest absolute Gasteiger partial charge is 0.369 e. The van der Waals surface area contributed by atoms with Crippen molar-refractivity contribution in [2.45, 2.75) is 51.6 Å². The van der Waals surface area contributed by atoms with Crippen LogP contribution in [0.4, 0.5) is 0 Å². The van der Waals surface area contributed by atoms with Crippen molar-refractivity contribution in [3.8, 4) is 0 Å². The van der Waals surface area contributed by atoms with Crippen molar-refractivity contribution >= 4 is 11.9 Å². The van der Waals surface area contributed by atoms with E-state index in [2.05, 4.69) is 31.0 Å². The van der Waals surface area contributed by atoms with Crippen LogP contribution in [-0.4, -0.2) is 28.3 Å². The highest BCUT2D eigenvalue weighted by Crippen LogP contribution is 2.33. The fourth-order valence-electron chi connectivity index (χ4n) is 3.72. The molecule has 1 aliphatic heterocycles. The molecule has 0 radical (unpaired) electrons. The normalized spacial score (nSPS) is 25.6. The second-order valence-corrected chi connectivity index (χ2v) is 6.85. The molecule has 4 heteroatoms. The Balaban J connectivity index is 1.83. The Kier molecular flexibility index (Phi) is 3.27. The highest BCUT2D eigenvalue weighted by Gasteiger charge is 2.47. The Labute approximate surface area is 126 Å². The Morgan fingerprint density at radius 1 is 1.33 bits per heavy atom. The van der Waals surface area contributed by atoms with Gasteiger partial charge in [-0.2, -0.15) is 0 Å². The Morgan fingerprint density at radius 2 is 1.90 bits per heavy atom. The Hall–Kier alpha value is -1.84. The van der Waals surface area contributed by atoms with Crippen molar-refractivity contribution in [2.75, 3.05) is 0 Å². The van der Waals surface area contributed by atoms with Crippen LogP contribution in [0, 0.1) is 5.92 Å². The minimum Gasteiger partial charge on any atom is -0.369 e. The van der Waals surface area contributed by atoms with Gasteiger partial charge < -0.3 is 5.73 Å². The molecule has 1 atom stereocenters. The summed E-state index contributed by atoms with van der Waals surface area (Å²) < 4.78 is 0. The standard InChI is InChI=1S/C17H23N3O/c1-11(2)10-17(3)15(21)20(16(18)19-17)14-8-12-6-4-5-7-13(12)9-14/h4-7,11,14H,8-10H2,1-3H3,(H2,18,19). The molecule has 1 aromatic rings. The summed E-state index contributed by atoms with van der Waals surface area (Å²) in [5.41, 5.74) is 8.04. The van der Waals surface area contributed by atoms with Gasteiger partial charge in [0.15, 0.2) is 5.96 Å². The average molecular weight is 285 g/mol. The van der Waals surface area contributed by atoms with E-state index in [1.807, 2.05) is 19.1 Å². The lowest BCUT2D eigenvalue weighted by atomic mass is 9.90. The molecule has 0 saturated carbocycles. The summed E-state index contributed by atoms with van der Waals surface area (Å²) in [7, 11) is 0. The van der Waals surface area contributed by atoms with Crippen LogP contribution in [0.25, 0.3) is 0 Å². The van der Waals surface area contributed by atoms with Gasteiger partial charge in [0, 0.05) is 6.04 Å². The van der Waals surface area contributed by atoms with Gasteiger partial charge in [-0.15, -0.1) is 0 Å². The van der Waals surface area contributed by atoms with E-state index >= 15 is 0 Å². The van der Waals surface area contributed by atoms with E-state index in [4.69, 9.17) is 5.73 Å². The third-order valence-corrected chi connectivity index (χ3v) is 4.49. The molecule has 4 nitrogen and oxygen atoms in total. The van der Waals surface area contributed by atoms with Crippen LogP contribution in [0.1, 0.15) is 38.3 Å². The van der Waals surface area contributed by atoms with E-state index in [0.717, 1.165) is 19.3 Å². The lowest BCUT2D eigenvalue weighted by molar-refractivity contribution is -0.132. The number of benzene rings is 1. The van der Waals surface area contributed by atoms with Gasteiger partial charge >= 0.3 is 0 Å². The molecule has 2 aliphatic rings. The predicted octanol–water partition coefficient (Wildman–Crippen LogP) is 2.12. The molecule has 0 saturated heterocycles. The molecule has 21 heavy (non-hydrogen) atoms. The number of aliphatic imine (C=N–C) groups is 1. The van der Waals surface area contributed by atoms with E-state index in [-0.39, 0.29) is 11.9 Å². The molecule has 0 fully saturated rings. The molecule has 0 bridgehead atoms. The van der Waals surface area contributed by atoms with Crippen LogP contribution in [-0.2, 0) is 17.6 Å². The first-order chi connectivity index (χ1) is 9.90. The molecule has 1 aromatic carbocycles. The van der Waals surface area contributed by atoms with Gasteiger partial charge in [-0.25, -0.2) is 4.99 Å². The van der Waals surface area contributed by atoms with Crippen molar-refractivity contribution in [2.24, 2.45) is 16.6 Å². The summed E-state index contributed by atoms with van der Waals surface area (Å²) in [6.07, 6.45) is 2.48. The maximum atomic E-state index is 12.8. The van der Waals surface area contributed by atoms with Crippen LogP contribution in [0.2, 0.25) is 0 Å². The lowest BCUT2D eigenvalue weighted by Crippen LogP contribution is -2.49. The zero-order valence-corrected chi connectivity index (χ0v) is 13.0. The van der Waals surface area contributed by atoms with E-state index in [0.29, 0.717) is 11.9 Å². The molecule has 1 amide bonds. The van der Waals surface area contributed by atoms with Crippen molar-refractivity contribution in [1.29, 1.82) is 0 Å². The smallest absolute Gasteiger partial charge is 0.257 e. The lowest BCUT2D eigenvalue weighted by Gasteiger charge is -2.27. The maximum absolute atomic E-state index is 12.8. The van der Waals surface area contributed by atoms with Gasteiger partial charge in [-0.1, -0.05) is 38.1 Å². The molecule has 1 aliphatic carbocycles. The van der Waals surface area contributed by atoms with Crippen LogP contribution in [0.15, 0.2) is 29.3 Å². The first-order valence-corrected chi connectivity index (χ1v) is 7.66. The molecular weight excluding hydrogens is 262 g/mol. The number of hydrogen-bond acceptors (Lipinski definition) is 3. The quantitative estimate of drug-likeness (QED) is 0.924. The molecule has 2 N–H and O–H groups in total. The monoisotopic (exact) mass is 285 g/mol. The Morgan fingerprint density at radius 3 is 2.43 bits per heavy atom. The number of hydrogen-bond donors (Lipinski definition) is 1. The van der Waals surface area contributed by atoms with Gasteiger partial charge in [-0.3, -0.25) is 9.69 Å². The van der Waals surface area contributed by atoms with Crippen molar-refractivity contribution in [1.82, 2.24) is 4.90 Å². The topological polar surface area (TPSA) is 58.7 Å². The predicted molar refractivity (Wildman–Crippen MR) is 84.0 cm³/mol. The number of fused-ring (bicyclic) bond motifs is 1. The summed E-state index contributed by atoms with van der Waals surface area (Å²) in [5.74, 6) is 0.865. The minimum atomic E-state index is -0.687. The van der Waals surface area contributed by atoms with Gasteiger partial charge in [0.1, 0.15) is 5.54 Å². The minimum absolute atomic E-state index is 0.0616. The maximum Gasteiger partial charge on any atom is 0.257 e. The van der Waals surface area contributed by atoms with Gasteiger partial charge in [0.05, 0.1) is 0 Å². The number of carbonyl (C=O) groups excluding carboxylic acids is 1. The zero-order valence-electron chi connectivity index (χ0n) is 13.0. The fraction of sp³-hybridized carbons (Fsp3) is 0.529. The summed E-state index contributed by atoms with van der Waals surface area (Å²) in [6.45, 7) is 6.13. The number of guanidine groups is 1. The van der Waals surface area contributed by atoms with Gasteiger partial charge in [-0.05, 0) is 43.2 Å². The van der Waals surface area contributed by atoms with Crippen molar-refractivity contribution in [3.05, 3.63) is 35.4 Å². The van der Waals surface area contributed by atoms with Crippen molar-refractivity contribution < 1.29 is 4.79 Å². The van der Waals surface area contributed by atoms with Crippen LogP contribution in [0.5, 0.6) is 0 Å². The molecule has 0 aromatic heterocycles. The molecule has 3 rings (SSSR count). The summed E-state index contributed by atoms with van der Waals surface area (Å²) in [5, 5.41) is 0. The molecule has 0 spiro atoms. The van der Waals surface area contributed by atoms with E-state index in [9.17, 15) is 4.79 Å². The van der Waals surface area contributed by atoms with Gasteiger partial charge in [0.25, 0.3) is 5.91 Å². The number of nitrogens with zero attached hydrogens (tertiary/aromatic N) is 2. The molecular formula is C17H23N3O. The van der Waals surface area contributed by atoms with Crippen LogP contribution < -0.4 is 5.73 Å². The van der Waals surface area contributed by atoms with Crippen LogP contribution >= 0.6 is 0 Å². The number of rotatable bonds is 3. The fourth-order valence-corrected chi connectivity index (χ4v) is 3.72. The van der Waals surface area contributed by atoms with E-state index in [1.54, 1.807) is 4.90 Å². The number of nitrogens with two attached hydrogens (primary N) is 1. The van der Waals surface area contributed by atoms with E-state index in [1.165, 1.54) is 11.1 Å². The van der Waals surface area contributed by atoms with Crippen molar-refractivity contribution in [3.63, 3.8) is 0 Å². The molecule has 112 valence electrons. The number of amides is 1. The molecule has 1 unspecified atom stereocenters. The Bertz CT molecular complexity index is 583. The second kappa shape index (κ2) is 4.86. The zero-order chi connectivity index (χ0) is 15.2. The first-order valence-electron chi connectivity index (χ1n) is 7.66. The summed E-state index contributed by atoms with van der Waals surface area (Å²) in [6, 6.07) is 8.49. The highest BCUT2D eigenvalue weighted by molar-refractivity contribution is 6.07. The summed E-state index contributed by atoms with van der Waals surface area (Å²) in [4.78, 5) is 19.1. The van der Waals surface area contributed by atoms with E-state index < -0.39 is 5.54 Å². The van der Waals surface area contributed by atoms with Gasteiger partial charge in [0.2, 0.25) is 0 Å². The molecule has 1 heterocycles. The number of carbonyl (C=O) groups is 1. The highest BCUT2D eigenvalue weighted by atomic mass is 16.2. The van der Waals surface area contributed by atoms with Crippen LogP contribution in [0.3, 0.4) is 0 Å². The SMILES string of the molecule is CC(C)CC1(C)N=C(N)N(C2Cc3ccccc3C2)C1=O. The average Bonchev–Trinajstić information content (AvgIpc) is 2.88. The second-order valence-electron chi connectivity index (χ2n) is 6.85. The third kappa shape index (κ3) is 2.33. The third-order valence-electron chi connectivity index (χ3n) is 4.49. The first kappa shape index (κ1) is 14.1.